The topological polar surface area (TPSA) is 76.6 Å². The molecule has 0 amide bonds. The summed E-state index contributed by atoms with van der Waals surface area (Å²) in [7, 11) is 0. The molecule has 0 saturated heterocycles. The first kappa shape index (κ1) is 13.0. The fourth-order valence-corrected chi connectivity index (χ4v) is 1.66. The second kappa shape index (κ2) is 7.11. The van der Waals surface area contributed by atoms with Gasteiger partial charge in [-0.05, 0) is 29.0 Å². The van der Waals surface area contributed by atoms with Crippen molar-refractivity contribution in [1.82, 2.24) is 20.2 Å². The molecule has 0 N–H and O–H groups in total. The lowest BCUT2D eigenvalue weighted by Crippen LogP contribution is -2.10. The Bertz CT molecular complexity index is 531. The standard InChI is InChI=1S/C13H15N5O/c14-9-4-5-10-18-13(15-16-17-18)8-11-19-12-6-2-1-3-7-12/h1-3,6-7H,4-5,8,10-11H2. The number of para-hydroxylation sites is 1. The van der Waals surface area contributed by atoms with Gasteiger partial charge < -0.3 is 4.74 Å². The van der Waals surface area contributed by atoms with E-state index in [1.165, 1.54) is 0 Å². The lowest BCUT2D eigenvalue weighted by atomic mass is 10.3. The number of unbranched alkanes of at least 4 members (excludes halogenated alkanes) is 1. The predicted molar refractivity (Wildman–Crippen MR) is 68.3 cm³/mol. The van der Waals surface area contributed by atoms with E-state index in [1.54, 1.807) is 4.68 Å². The van der Waals surface area contributed by atoms with Crippen molar-refractivity contribution in [3.63, 3.8) is 0 Å². The van der Waals surface area contributed by atoms with Crippen LogP contribution in [0.15, 0.2) is 30.3 Å². The largest absolute Gasteiger partial charge is 0.493 e. The highest BCUT2D eigenvalue weighted by molar-refractivity contribution is 5.20. The van der Waals surface area contributed by atoms with Crippen LogP contribution < -0.4 is 4.74 Å². The third kappa shape index (κ3) is 4.07. The van der Waals surface area contributed by atoms with Crippen LogP contribution in [0.1, 0.15) is 18.7 Å². The molecular weight excluding hydrogens is 242 g/mol. The smallest absolute Gasteiger partial charge is 0.154 e. The number of nitriles is 1. The molecule has 0 fully saturated rings. The predicted octanol–water partition coefficient (Wildman–Crippen LogP) is 1.60. The highest BCUT2D eigenvalue weighted by Crippen LogP contribution is 2.08. The Morgan fingerprint density at radius 2 is 2.11 bits per heavy atom. The number of ether oxygens (including phenoxy) is 1. The molecule has 2 aromatic rings. The number of hydrogen-bond acceptors (Lipinski definition) is 5. The maximum absolute atomic E-state index is 8.50. The van der Waals surface area contributed by atoms with E-state index in [4.69, 9.17) is 10.00 Å². The van der Waals surface area contributed by atoms with Crippen molar-refractivity contribution in [2.24, 2.45) is 0 Å². The Morgan fingerprint density at radius 3 is 2.89 bits per heavy atom. The van der Waals surface area contributed by atoms with E-state index < -0.39 is 0 Å². The quantitative estimate of drug-likeness (QED) is 0.704. The summed E-state index contributed by atoms with van der Waals surface area (Å²) in [5.74, 6) is 1.62. The minimum Gasteiger partial charge on any atom is -0.493 e. The van der Waals surface area contributed by atoms with Crippen LogP contribution in [-0.2, 0) is 13.0 Å². The monoisotopic (exact) mass is 257 g/mol. The number of aromatic nitrogens is 4. The average Bonchev–Trinajstić information content (AvgIpc) is 2.88. The van der Waals surface area contributed by atoms with Crippen LogP contribution >= 0.6 is 0 Å². The van der Waals surface area contributed by atoms with E-state index in [2.05, 4.69) is 21.6 Å². The van der Waals surface area contributed by atoms with Gasteiger partial charge >= 0.3 is 0 Å². The second-order valence-corrected chi connectivity index (χ2v) is 3.99. The van der Waals surface area contributed by atoms with Gasteiger partial charge in [0, 0.05) is 19.4 Å². The summed E-state index contributed by atoms with van der Waals surface area (Å²) in [4.78, 5) is 0. The molecule has 0 bridgehead atoms. The molecule has 0 radical (unpaired) electrons. The van der Waals surface area contributed by atoms with Crippen molar-refractivity contribution >= 4 is 0 Å². The maximum Gasteiger partial charge on any atom is 0.154 e. The third-order valence-electron chi connectivity index (χ3n) is 2.60. The van der Waals surface area contributed by atoms with Gasteiger partial charge in [-0.1, -0.05) is 18.2 Å². The minimum atomic E-state index is 0.514. The summed E-state index contributed by atoms with van der Waals surface area (Å²) >= 11 is 0. The Balaban J connectivity index is 1.80. The van der Waals surface area contributed by atoms with Gasteiger partial charge in [0.2, 0.25) is 0 Å². The zero-order valence-electron chi connectivity index (χ0n) is 10.6. The Morgan fingerprint density at radius 1 is 1.26 bits per heavy atom. The summed E-state index contributed by atoms with van der Waals surface area (Å²) in [6.45, 7) is 1.20. The van der Waals surface area contributed by atoms with Crippen molar-refractivity contribution in [2.75, 3.05) is 6.61 Å². The van der Waals surface area contributed by atoms with Crippen LogP contribution in [0.25, 0.3) is 0 Å². The molecule has 0 saturated carbocycles. The van der Waals surface area contributed by atoms with Crippen LogP contribution in [0.4, 0.5) is 0 Å². The van der Waals surface area contributed by atoms with Crippen molar-refractivity contribution < 1.29 is 4.74 Å². The molecular formula is C13H15N5O. The van der Waals surface area contributed by atoms with Crippen molar-refractivity contribution in [3.8, 4) is 11.8 Å². The molecule has 0 spiro atoms. The molecule has 6 nitrogen and oxygen atoms in total. The first-order chi connectivity index (χ1) is 9.40. The van der Waals surface area contributed by atoms with Crippen molar-refractivity contribution in [2.45, 2.75) is 25.8 Å². The minimum absolute atomic E-state index is 0.514. The molecule has 1 aromatic heterocycles. The highest BCUT2D eigenvalue weighted by Gasteiger charge is 2.05. The van der Waals surface area contributed by atoms with E-state index in [0.29, 0.717) is 26.0 Å². The fourth-order valence-electron chi connectivity index (χ4n) is 1.66. The second-order valence-electron chi connectivity index (χ2n) is 3.99. The van der Waals surface area contributed by atoms with Crippen LogP contribution in [0, 0.1) is 11.3 Å². The lowest BCUT2D eigenvalue weighted by molar-refractivity contribution is 0.315. The number of nitrogens with zero attached hydrogens (tertiary/aromatic N) is 5. The molecule has 0 aliphatic carbocycles. The number of rotatable bonds is 7. The molecule has 1 heterocycles. The van der Waals surface area contributed by atoms with Gasteiger partial charge in [-0.15, -0.1) is 5.10 Å². The number of hydrogen-bond donors (Lipinski definition) is 0. The molecule has 98 valence electrons. The van der Waals surface area contributed by atoms with Gasteiger partial charge in [-0.2, -0.15) is 5.26 Å². The highest BCUT2D eigenvalue weighted by atomic mass is 16.5. The van der Waals surface area contributed by atoms with Gasteiger partial charge in [0.15, 0.2) is 5.82 Å². The van der Waals surface area contributed by atoms with Gasteiger partial charge in [-0.25, -0.2) is 4.68 Å². The Hall–Kier alpha value is -2.42. The first-order valence-corrected chi connectivity index (χ1v) is 6.20. The van der Waals surface area contributed by atoms with Crippen LogP contribution in [-0.4, -0.2) is 26.8 Å². The van der Waals surface area contributed by atoms with E-state index in [0.717, 1.165) is 18.0 Å². The van der Waals surface area contributed by atoms with Crippen molar-refractivity contribution in [1.29, 1.82) is 5.26 Å². The van der Waals surface area contributed by atoms with E-state index in [-0.39, 0.29) is 0 Å². The van der Waals surface area contributed by atoms with E-state index in [9.17, 15) is 0 Å². The lowest BCUT2D eigenvalue weighted by Gasteiger charge is -2.06. The van der Waals surface area contributed by atoms with Gasteiger partial charge in [0.05, 0.1) is 12.7 Å². The molecule has 0 atom stereocenters. The zero-order chi connectivity index (χ0) is 13.3. The van der Waals surface area contributed by atoms with E-state index in [1.807, 2.05) is 30.3 Å². The Kier molecular flexibility index (Phi) is 4.87. The van der Waals surface area contributed by atoms with Crippen LogP contribution in [0.5, 0.6) is 5.75 Å². The summed E-state index contributed by atoms with van der Waals surface area (Å²) in [6, 6.07) is 11.7. The van der Waals surface area contributed by atoms with Crippen LogP contribution in [0.3, 0.4) is 0 Å². The first-order valence-electron chi connectivity index (χ1n) is 6.20. The number of benzene rings is 1. The summed E-state index contributed by atoms with van der Waals surface area (Å²) in [5.41, 5.74) is 0. The van der Waals surface area contributed by atoms with Gasteiger partial charge in [-0.3, -0.25) is 0 Å². The zero-order valence-corrected chi connectivity index (χ0v) is 10.6. The third-order valence-corrected chi connectivity index (χ3v) is 2.60. The average molecular weight is 257 g/mol. The maximum atomic E-state index is 8.50. The van der Waals surface area contributed by atoms with Crippen LogP contribution in [0.2, 0.25) is 0 Å². The molecule has 0 aliphatic heterocycles. The van der Waals surface area contributed by atoms with Gasteiger partial charge in [0.1, 0.15) is 5.75 Å². The molecule has 6 heteroatoms. The SMILES string of the molecule is N#CCCCn1nnnc1CCOc1ccccc1. The normalized spacial score (nSPS) is 10.1. The molecule has 19 heavy (non-hydrogen) atoms. The summed E-state index contributed by atoms with van der Waals surface area (Å²) in [5, 5.41) is 20.0. The van der Waals surface area contributed by atoms with Gasteiger partial charge in [0.25, 0.3) is 0 Å². The van der Waals surface area contributed by atoms with Crippen molar-refractivity contribution in [3.05, 3.63) is 36.2 Å². The fraction of sp³-hybridized carbons (Fsp3) is 0.385. The molecule has 2 rings (SSSR count). The summed E-state index contributed by atoms with van der Waals surface area (Å²) in [6.07, 6.45) is 1.92. The van der Waals surface area contributed by atoms with E-state index >= 15 is 0 Å². The number of tetrazole rings is 1. The number of aryl methyl sites for hydroxylation is 1. The summed E-state index contributed by atoms with van der Waals surface area (Å²) < 4.78 is 7.33. The molecule has 0 unspecified atom stereocenters. The molecule has 1 aromatic carbocycles. The Labute approximate surface area is 111 Å². The molecule has 0 aliphatic rings.